The molecule has 2 heterocycles. The second-order valence-corrected chi connectivity index (χ2v) is 7.13. The molecule has 1 aliphatic rings. The van der Waals surface area contributed by atoms with Crippen molar-refractivity contribution in [3.63, 3.8) is 0 Å². The van der Waals surface area contributed by atoms with Crippen LogP contribution in [0.3, 0.4) is 0 Å². The van der Waals surface area contributed by atoms with E-state index >= 15 is 0 Å². The van der Waals surface area contributed by atoms with Crippen LogP contribution in [0.15, 0.2) is 36.4 Å². The molecule has 0 saturated carbocycles. The van der Waals surface area contributed by atoms with Gasteiger partial charge in [-0.05, 0) is 31.0 Å². The van der Waals surface area contributed by atoms with E-state index in [-0.39, 0.29) is 11.6 Å². The van der Waals surface area contributed by atoms with Gasteiger partial charge >= 0.3 is 0 Å². The van der Waals surface area contributed by atoms with Gasteiger partial charge in [-0.15, -0.1) is 0 Å². The molecule has 1 amide bonds. The molecule has 3 aromatic rings. The van der Waals surface area contributed by atoms with Crippen LogP contribution in [-0.4, -0.2) is 43.2 Å². The molecular weight excluding hydrogens is 392 g/mol. The second kappa shape index (κ2) is 8.13. The van der Waals surface area contributed by atoms with Crippen LogP contribution in [-0.2, 0) is 0 Å². The summed E-state index contributed by atoms with van der Waals surface area (Å²) in [5, 5.41) is 3.23. The minimum atomic E-state index is -0.371. The number of para-hydroxylation sites is 2. The number of hydrogen-bond acceptors (Lipinski definition) is 6. The van der Waals surface area contributed by atoms with E-state index in [1.807, 2.05) is 24.3 Å². The number of methoxy groups -OCH3 is 2. The summed E-state index contributed by atoms with van der Waals surface area (Å²) in [6.07, 6.45) is 2.13. The number of nitrogens with one attached hydrogen (secondary N) is 1. The summed E-state index contributed by atoms with van der Waals surface area (Å²) >= 11 is 6.23. The van der Waals surface area contributed by atoms with Crippen molar-refractivity contribution >= 4 is 40.0 Å². The summed E-state index contributed by atoms with van der Waals surface area (Å²) in [7, 11) is 3.04. The first-order chi connectivity index (χ1) is 14.1. The van der Waals surface area contributed by atoms with Gasteiger partial charge in [0.25, 0.3) is 5.91 Å². The first-order valence-electron chi connectivity index (χ1n) is 9.35. The molecule has 8 heteroatoms. The molecule has 29 heavy (non-hydrogen) atoms. The van der Waals surface area contributed by atoms with Crippen molar-refractivity contribution in [3.05, 3.63) is 47.1 Å². The number of aromatic nitrogens is 2. The molecule has 1 fully saturated rings. The van der Waals surface area contributed by atoms with Gasteiger partial charge in [-0.3, -0.25) is 4.79 Å². The normalized spacial score (nSPS) is 13.6. The molecule has 0 spiro atoms. The lowest BCUT2D eigenvalue weighted by Crippen LogP contribution is -2.25. The number of halogens is 1. The maximum atomic E-state index is 13.2. The summed E-state index contributed by atoms with van der Waals surface area (Å²) in [6.45, 7) is 1.70. The van der Waals surface area contributed by atoms with Gasteiger partial charge in [-0.2, -0.15) is 0 Å². The van der Waals surface area contributed by atoms with Crippen LogP contribution in [0.4, 0.5) is 11.5 Å². The molecule has 1 N–H and O–H groups in total. The Hall–Kier alpha value is -3.06. The first-order valence-corrected chi connectivity index (χ1v) is 9.73. The van der Waals surface area contributed by atoms with Crippen LogP contribution in [0, 0.1) is 0 Å². The second-order valence-electron chi connectivity index (χ2n) is 6.72. The quantitative estimate of drug-likeness (QED) is 0.678. The summed E-state index contributed by atoms with van der Waals surface area (Å²) in [5.41, 5.74) is 2.14. The average Bonchev–Trinajstić information content (AvgIpc) is 3.27. The fourth-order valence-corrected chi connectivity index (χ4v) is 3.67. The standard InChI is InChI=1S/C21H21ClN4O3/c1-28-17-12-18(29-2)16(11-13(17)22)25-21(27)19-20(26-9-5-6-10-26)24-15-8-4-3-7-14(15)23-19/h3-4,7-8,11-12H,5-6,9-10H2,1-2H3,(H,25,27). The number of fused-ring (bicyclic) bond motifs is 1. The Balaban J connectivity index is 1.75. The Kier molecular flexibility index (Phi) is 5.40. The average molecular weight is 413 g/mol. The van der Waals surface area contributed by atoms with Crippen molar-refractivity contribution in [2.24, 2.45) is 0 Å². The molecule has 0 radical (unpaired) electrons. The Bertz CT molecular complexity index is 1070. The highest BCUT2D eigenvalue weighted by molar-refractivity contribution is 6.32. The van der Waals surface area contributed by atoms with E-state index in [2.05, 4.69) is 15.2 Å². The Morgan fingerprint density at radius 2 is 1.69 bits per heavy atom. The van der Waals surface area contributed by atoms with Crippen molar-refractivity contribution in [3.8, 4) is 11.5 Å². The van der Waals surface area contributed by atoms with Gasteiger partial charge in [-0.1, -0.05) is 23.7 Å². The number of anilines is 2. The van der Waals surface area contributed by atoms with E-state index < -0.39 is 0 Å². The highest BCUT2D eigenvalue weighted by atomic mass is 35.5. The lowest BCUT2D eigenvalue weighted by atomic mass is 10.2. The maximum absolute atomic E-state index is 13.2. The van der Waals surface area contributed by atoms with Crippen molar-refractivity contribution in [1.82, 2.24) is 9.97 Å². The number of nitrogens with zero attached hydrogens (tertiary/aromatic N) is 3. The van der Waals surface area contributed by atoms with E-state index in [4.69, 9.17) is 26.1 Å². The first kappa shape index (κ1) is 19.3. The molecule has 1 aromatic heterocycles. The fraction of sp³-hybridized carbons (Fsp3) is 0.286. The predicted molar refractivity (Wildman–Crippen MR) is 113 cm³/mol. The van der Waals surface area contributed by atoms with Crippen LogP contribution in [0.25, 0.3) is 11.0 Å². The van der Waals surface area contributed by atoms with E-state index in [9.17, 15) is 4.79 Å². The lowest BCUT2D eigenvalue weighted by molar-refractivity contribution is 0.102. The maximum Gasteiger partial charge on any atom is 0.278 e. The number of rotatable bonds is 5. The van der Waals surface area contributed by atoms with E-state index in [1.54, 1.807) is 12.1 Å². The van der Waals surface area contributed by atoms with Crippen LogP contribution >= 0.6 is 11.6 Å². The van der Waals surface area contributed by atoms with E-state index in [0.717, 1.165) is 31.4 Å². The predicted octanol–water partition coefficient (Wildman–Crippen LogP) is 4.15. The van der Waals surface area contributed by atoms with Crippen LogP contribution in [0.5, 0.6) is 11.5 Å². The largest absolute Gasteiger partial charge is 0.495 e. The summed E-state index contributed by atoms with van der Waals surface area (Å²) in [5.74, 6) is 1.13. The number of carbonyl (C=O) groups is 1. The molecule has 2 aromatic carbocycles. The number of carbonyl (C=O) groups excluding carboxylic acids is 1. The Labute approximate surface area is 173 Å². The molecule has 7 nitrogen and oxygen atoms in total. The molecule has 0 bridgehead atoms. The zero-order valence-corrected chi connectivity index (χ0v) is 17.0. The molecule has 0 aliphatic carbocycles. The van der Waals surface area contributed by atoms with Crippen molar-refractivity contribution < 1.29 is 14.3 Å². The van der Waals surface area contributed by atoms with Crippen LogP contribution in [0.1, 0.15) is 23.3 Å². The summed E-state index contributed by atoms with van der Waals surface area (Å²) in [6, 6.07) is 10.8. The topological polar surface area (TPSA) is 76.6 Å². The molecule has 150 valence electrons. The van der Waals surface area contributed by atoms with Gasteiger partial charge < -0.3 is 19.7 Å². The number of amides is 1. The zero-order valence-electron chi connectivity index (χ0n) is 16.2. The van der Waals surface area contributed by atoms with Crippen molar-refractivity contribution in [2.75, 3.05) is 37.5 Å². The van der Waals surface area contributed by atoms with Gasteiger partial charge in [0.1, 0.15) is 11.5 Å². The minimum absolute atomic E-state index is 0.277. The molecular formula is C21H21ClN4O3. The van der Waals surface area contributed by atoms with Crippen LogP contribution in [0.2, 0.25) is 5.02 Å². The Morgan fingerprint density at radius 1 is 1.03 bits per heavy atom. The van der Waals surface area contributed by atoms with Crippen molar-refractivity contribution in [2.45, 2.75) is 12.8 Å². The minimum Gasteiger partial charge on any atom is -0.495 e. The number of hydrogen-bond donors (Lipinski definition) is 1. The third-order valence-corrected chi connectivity index (χ3v) is 5.19. The van der Waals surface area contributed by atoms with E-state index in [0.29, 0.717) is 33.5 Å². The third-order valence-electron chi connectivity index (χ3n) is 4.89. The van der Waals surface area contributed by atoms with Crippen molar-refractivity contribution in [1.29, 1.82) is 0 Å². The molecule has 4 rings (SSSR count). The van der Waals surface area contributed by atoms with Gasteiger partial charge in [0.05, 0.1) is 36.0 Å². The molecule has 1 saturated heterocycles. The van der Waals surface area contributed by atoms with Gasteiger partial charge in [0.15, 0.2) is 11.5 Å². The highest BCUT2D eigenvalue weighted by Crippen LogP contribution is 2.36. The fourth-order valence-electron chi connectivity index (χ4n) is 3.43. The van der Waals surface area contributed by atoms with Crippen LogP contribution < -0.4 is 19.7 Å². The van der Waals surface area contributed by atoms with Gasteiger partial charge in [-0.25, -0.2) is 9.97 Å². The van der Waals surface area contributed by atoms with E-state index in [1.165, 1.54) is 14.2 Å². The monoisotopic (exact) mass is 412 g/mol. The Morgan fingerprint density at radius 3 is 2.34 bits per heavy atom. The number of benzene rings is 2. The smallest absolute Gasteiger partial charge is 0.278 e. The van der Waals surface area contributed by atoms with Gasteiger partial charge in [0.2, 0.25) is 0 Å². The number of ether oxygens (including phenoxy) is 2. The molecule has 0 unspecified atom stereocenters. The van der Waals surface area contributed by atoms with Gasteiger partial charge in [0, 0.05) is 19.2 Å². The highest BCUT2D eigenvalue weighted by Gasteiger charge is 2.24. The summed E-state index contributed by atoms with van der Waals surface area (Å²) < 4.78 is 10.6. The molecule has 1 aliphatic heterocycles. The SMILES string of the molecule is COc1cc(OC)c(NC(=O)c2nc3ccccc3nc2N2CCCC2)cc1Cl. The zero-order chi connectivity index (χ0) is 20.4. The lowest BCUT2D eigenvalue weighted by Gasteiger charge is -2.20. The summed E-state index contributed by atoms with van der Waals surface area (Å²) in [4.78, 5) is 24.6. The third kappa shape index (κ3) is 3.78. The molecule has 0 atom stereocenters.